The maximum atomic E-state index is 2.30. The molecule has 0 aliphatic heterocycles. The smallest absolute Gasteiger partial charge is 0.0176 e. The van der Waals surface area contributed by atoms with Gasteiger partial charge in [0.2, 0.25) is 0 Å². The second-order valence-corrected chi connectivity index (χ2v) is 3.45. The molecular weight excluding hydrogens is 144 g/mol. The van der Waals surface area contributed by atoms with Gasteiger partial charge in [-0.3, -0.25) is 0 Å². The Morgan fingerprint density at radius 1 is 0.750 bits per heavy atom. The summed E-state index contributed by atoms with van der Waals surface area (Å²) < 4.78 is 0. The highest BCUT2D eigenvalue weighted by atomic mass is 14.3. The van der Waals surface area contributed by atoms with Gasteiger partial charge >= 0.3 is 0 Å². The topological polar surface area (TPSA) is 0 Å². The molecule has 0 amide bonds. The van der Waals surface area contributed by atoms with Crippen LogP contribution in [0.4, 0.5) is 0 Å². The van der Waals surface area contributed by atoms with Crippen molar-refractivity contribution in [2.75, 3.05) is 0 Å². The van der Waals surface area contributed by atoms with Gasteiger partial charge in [0.15, 0.2) is 0 Å². The zero-order valence-electron chi connectivity index (χ0n) is 6.77. The van der Waals surface area contributed by atoms with Gasteiger partial charge in [0.1, 0.15) is 0 Å². The molecule has 0 N–H and O–H groups in total. The fourth-order valence-electron chi connectivity index (χ4n) is 2.20. The molecule has 0 saturated carbocycles. The first-order valence-electron chi connectivity index (χ1n) is 4.40. The van der Waals surface area contributed by atoms with Crippen LogP contribution in [-0.2, 0) is 0 Å². The summed E-state index contributed by atoms with van der Waals surface area (Å²) >= 11 is 0. The van der Waals surface area contributed by atoms with Gasteiger partial charge in [-0.05, 0) is 11.1 Å². The Kier molecular flexibility index (Phi) is 1.09. The van der Waals surface area contributed by atoms with E-state index in [0.717, 1.165) is 0 Å². The van der Waals surface area contributed by atoms with E-state index in [0.29, 0.717) is 11.8 Å². The zero-order chi connectivity index (χ0) is 7.97. The molecule has 0 nitrogen and oxygen atoms in total. The van der Waals surface area contributed by atoms with Crippen molar-refractivity contribution in [1.82, 2.24) is 0 Å². The van der Waals surface area contributed by atoms with Crippen LogP contribution in [0, 0.1) is 11.8 Å². The van der Waals surface area contributed by atoms with Crippen molar-refractivity contribution in [3.63, 3.8) is 0 Å². The second kappa shape index (κ2) is 2.10. The highest BCUT2D eigenvalue weighted by Crippen LogP contribution is 2.41. The van der Waals surface area contributed by atoms with Crippen LogP contribution in [0.25, 0.3) is 0 Å². The maximum absolute atomic E-state index is 2.30. The standard InChI is InChI=1S/C12H10/c1-2-4-9(3-1)12-10-5-6-11(12)8-7-10/h1-8,10-11H. The Labute approximate surface area is 72.3 Å². The van der Waals surface area contributed by atoms with E-state index in [1.807, 2.05) is 0 Å². The summed E-state index contributed by atoms with van der Waals surface area (Å²) in [6.07, 6.45) is 17.8. The minimum Gasteiger partial charge on any atom is -0.0766 e. The average molecular weight is 154 g/mol. The minimum absolute atomic E-state index is 0.595. The molecule has 0 heterocycles. The first kappa shape index (κ1) is 6.24. The van der Waals surface area contributed by atoms with Crippen LogP contribution in [0.5, 0.6) is 0 Å². The third-order valence-corrected chi connectivity index (χ3v) is 2.77. The van der Waals surface area contributed by atoms with E-state index in [-0.39, 0.29) is 0 Å². The zero-order valence-corrected chi connectivity index (χ0v) is 6.77. The van der Waals surface area contributed by atoms with Crippen molar-refractivity contribution >= 4 is 0 Å². The third kappa shape index (κ3) is 0.672. The van der Waals surface area contributed by atoms with Gasteiger partial charge in [0.25, 0.3) is 0 Å². The lowest BCUT2D eigenvalue weighted by Gasteiger charge is -2.06. The van der Waals surface area contributed by atoms with Crippen LogP contribution >= 0.6 is 0 Å². The number of hydrogen-bond acceptors (Lipinski definition) is 0. The molecule has 0 saturated heterocycles. The molecule has 0 aromatic carbocycles. The van der Waals surface area contributed by atoms with Gasteiger partial charge < -0.3 is 0 Å². The quantitative estimate of drug-likeness (QED) is 0.471. The summed E-state index contributed by atoms with van der Waals surface area (Å²) in [7, 11) is 0. The Balaban J connectivity index is 2.12. The van der Waals surface area contributed by atoms with Gasteiger partial charge in [-0.1, -0.05) is 48.6 Å². The van der Waals surface area contributed by atoms with E-state index < -0.39 is 0 Å². The van der Waals surface area contributed by atoms with E-state index >= 15 is 0 Å². The molecule has 0 fully saturated rings. The van der Waals surface area contributed by atoms with E-state index in [4.69, 9.17) is 0 Å². The Morgan fingerprint density at radius 2 is 1.25 bits per heavy atom. The lowest BCUT2D eigenvalue weighted by Crippen LogP contribution is -1.94. The van der Waals surface area contributed by atoms with Crippen molar-refractivity contribution in [2.24, 2.45) is 11.8 Å². The molecule has 0 heteroatoms. The number of hydrogen-bond donors (Lipinski definition) is 0. The molecular formula is C12H10. The highest BCUT2D eigenvalue weighted by Gasteiger charge is 2.28. The van der Waals surface area contributed by atoms with Crippen molar-refractivity contribution in [3.8, 4) is 0 Å². The predicted molar refractivity (Wildman–Crippen MR) is 50.6 cm³/mol. The first-order chi connectivity index (χ1) is 5.95. The molecule has 58 valence electrons. The summed E-state index contributed by atoms with van der Waals surface area (Å²) in [6, 6.07) is 0. The molecule has 0 atom stereocenters. The normalized spacial score (nSPS) is 34.7. The Morgan fingerprint density at radius 3 is 1.75 bits per heavy atom. The van der Waals surface area contributed by atoms with Crippen LogP contribution in [0.2, 0.25) is 0 Å². The lowest BCUT2D eigenvalue weighted by atomic mass is 9.97. The third-order valence-electron chi connectivity index (χ3n) is 2.77. The Hall–Kier alpha value is -1.30. The minimum atomic E-state index is 0.595. The van der Waals surface area contributed by atoms with Gasteiger partial charge in [-0.15, -0.1) is 0 Å². The molecule has 2 bridgehead atoms. The molecule has 3 rings (SSSR count). The fraction of sp³-hybridized carbons (Fsp3) is 0.167. The largest absolute Gasteiger partial charge is 0.0766 e. The molecule has 12 heavy (non-hydrogen) atoms. The van der Waals surface area contributed by atoms with E-state index in [2.05, 4.69) is 48.6 Å². The van der Waals surface area contributed by atoms with E-state index in [1.165, 1.54) is 5.57 Å². The average Bonchev–Trinajstić information content (AvgIpc) is 2.78. The van der Waals surface area contributed by atoms with E-state index in [9.17, 15) is 0 Å². The maximum Gasteiger partial charge on any atom is 0.0176 e. The Bertz CT molecular complexity index is 315. The summed E-state index contributed by atoms with van der Waals surface area (Å²) in [5.74, 6) is 1.19. The lowest BCUT2D eigenvalue weighted by molar-refractivity contribution is 0.946. The molecule has 0 aromatic heterocycles. The predicted octanol–water partition coefficient (Wildman–Crippen LogP) is 2.78. The summed E-state index contributed by atoms with van der Waals surface area (Å²) in [5.41, 5.74) is 2.99. The molecule has 0 radical (unpaired) electrons. The van der Waals surface area contributed by atoms with Crippen molar-refractivity contribution in [3.05, 3.63) is 59.8 Å². The first-order valence-corrected chi connectivity index (χ1v) is 4.40. The molecule has 3 aliphatic rings. The number of rotatable bonds is 0. The summed E-state index contributed by atoms with van der Waals surface area (Å²) in [5, 5.41) is 0. The molecule has 0 unspecified atom stereocenters. The van der Waals surface area contributed by atoms with Gasteiger partial charge in [-0.2, -0.15) is 0 Å². The van der Waals surface area contributed by atoms with Crippen LogP contribution in [0.15, 0.2) is 59.8 Å². The number of fused-ring (bicyclic) bond motifs is 2. The fourth-order valence-corrected chi connectivity index (χ4v) is 2.20. The second-order valence-electron chi connectivity index (χ2n) is 3.45. The van der Waals surface area contributed by atoms with E-state index in [1.54, 1.807) is 5.57 Å². The molecule has 0 aromatic rings. The van der Waals surface area contributed by atoms with Gasteiger partial charge in [0.05, 0.1) is 0 Å². The SMILES string of the molecule is C1=CC(=C2C3C=CC2C=C3)C=C1. The van der Waals surface area contributed by atoms with Gasteiger partial charge in [0, 0.05) is 11.8 Å². The van der Waals surface area contributed by atoms with Gasteiger partial charge in [-0.25, -0.2) is 0 Å². The molecule has 3 aliphatic carbocycles. The summed E-state index contributed by atoms with van der Waals surface area (Å²) in [4.78, 5) is 0. The summed E-state index contributed by atoms with van der Waals surface area (Å²) in [6.45, 7) is 0. The number of allylic oxidation sites excluding steroid dienone is 10. The van der Waals surface area contributed by atoms with Crippen molar-refractivity contribution < 1.29 is 0 Å². The molecule has 0 spiro atoms. The van der Waals surface area contributed by atoms with Crippen LogP contribution in [0.3, 0.4) is 0 Å². The van der Waals surface area contributed by atoms with Crippen molar-refractivity contribution in [2.45, 2.75) is 0 Å². The van der Waals surface area contributed by atoms with Crippen LogP contribution in [-0.4, -0.2) is 0 Å². The highest BCUT2D eigenvalue weighted by molar-refractivity contribution is 5.53. The van der Waals surface area contributed by atoms with Crippen LogP contribution in [0.1, 0.15) is 0 Å². The monoisotopic (exact) mass is 154 g/mol. The van der Waals surface area contributed by atoms with Crippen molar-refractivity contribution in [1.29, 1.82) is 0 Å². The van der Waals surface area contributed by atoms with Crippen LogP contribution < -0.4 is 0 Å².